The van der Waals surface area contributed by atoms with Crippen molar-refractivity contribution in [2.24, 2.45) is 18.7 Å². The van der Waals surface area contributed by atoms with Crippen LogP contribution in [0, 0.1) is 5.92 Å². The predicted molar refractivity (Wildman–Crippen MR) is 60.5 cm³/mol. The van der Waals surface area contributed by atoms with E-state index in [4.69, 9.17) is 5.73 Å². The zero-order chi connectivity index (χ0) is 12.1. The number of nitrogens with one attached hydrogen (secondary N) is 1. The first-order valence-corrected chi connectivity index (χ1v) is 5.38. The van der Waals surface area contributed by atoms with Crippen molar-refractivity contribution in [1.29, 1.82) is 0 Å². The summed E-state index contributed by atoms with van der Waals surface area (Å²) >= 11 is 0. The van der Waals surface area contributed by atoms with Crippen molar-refractivity contribution in [3.8, 4) is 0 Å². The van der Waals surface area contributed by atoms with Gasteiger partial charge in [0.2, 0.25) is 5.91 Å². The van der Waals surface area contributed by atoms with E-state index >= 15 is 0 Å². The quantitative estimate of drug-likeness (QED) is 0.704. The summed E-state index contributed by atoms with van der Waals surface area (Å²) in [5, 5.41) is 6.88. The molecule has 6 heteroatoms. The summed E-state index contributed by atoms with van der Waals surface area (Å²) in [5.41, 5.74) is 5.70. The van der Waals surface area contributed by atoms with Crippen LogP contribution in [-0.2, 0) is 18.3 Å². The summed E-state index contributed by atoms with van der Waals surface area (Å²) < 4.78 is 1.64. The smallest absolute Gasteiger partial charge is 0.237 e. The van der Waals surface area contributed by atoms with Gasteiger partial charge in [-0.3, -0.25) is 9.48 Å². The van der Waals surface area contributed by atoms with E-state index in [1.54, 1.807) is 11.0 Å². The van der Waals surface area contributed by atoms with Crippen LogP contribution in [0.25, 0.3) is 0 Å². The molecule has 0 saturated carbocycles. The Labute approximate surface area is 95.2 Å². The average Bonchev–Trinajstić information content (AvgIpc) is 2.62. The molecule has 0 aliphatic heterocycles. The number of hydrogen-bond acceptors (Lipinski definition) is 4. The van der Waals surface area contributed by atoms with Crippen molar-refractivity contribution in [3.05, 3.63) is 12.2 Å². The highest BCUT2D eigenvalue weighted by Gasteiger charge is 2.16. The summed E-state index contributed by atoms with van der Waals surface area (Å²) in [6.07, 6.45) is 2.26. The van der Waals surface area contributed by atoms with Crippen molar-refractivity contribution >= 4 is 5.91 Å². The van der Waals surface area contributed by atoms with E-state index < -0.39 is 6.04 Å². The molecule has 0 aromatic carbocycles. The third-order valence-electron chi connectivity index (χ3n) is 2.32. The van der Waals surface area contributed by atoms with Gasteiger partial charge in [-0.2, -0.15) is 5.10 Å². The molecule has 0 spiro atoms. The third-order valence-corrected chi connectivity index (χ3v) is 2.32. The van der Waals surface area contributed by atoms with Gasteiger partial charge in [-0.1, -0.05) is 13.8 Å². The first-order chi connectivity index (χ1) is 7.50. The first kappa shape index (κ1) is 12.6. The molecule has 16 heavy (non-hydrogen) atoms. The normalized spacial score (nSPS) is 12.8. The van der Waals surface area contributed by atoms with Gasteiger partial charge in [0, 0.05) is 20.0 Å². The molecule has 0 fully saturated rings. The summed E-state index contributed by atoms with van der Waals surface area (Å²) in [4.78, 5) is 15.6. The molecule has 0 bridgehead atoms. The topological polar surface area (TPSA) is 85.8 Å². The van der Waals surface area contributed by atoms with Gasteiger partial charge in [-0.25, -0.2) is 4.98 Å². The van der Waals surface area contributed by atoms with Gasteiger partial charge in [0.05, 0.1) is 6.04 Å². The average molecular weight is 225 g/mol. The Morgan fingerprint density at radius 3 is 2.81 bits per heavy atom. The molecule has 0 unspecified atom stereocenters. The van der Waals surface area contributed by atoms with Gasteiger partial charge in [0.25, 0.3) is 0 Å². The van der Waals surface area contributed by atoms with Gasteiger partial charge in [0.1, 0.15) is 6.33 Å². The lowest BCUT2D eigenvalue weighted by Crippen LogP contribution is -2.44. The van der Waals surface area contributed by atoms with E-state index in [2.05, 4.69) is 15.4 Å². The fraction of sp³-hybridized carbons (Fsp3) is 0.700. The van der Waals surface area contributed by atoms with E-state index in [0.29, 0.717) is 13.0 Å². The van der Waals surface area contributed by atoms with Crippen LogP contribution in [0.1, 0.15) is 19.7 Å². The Morgan fingerprint density at radius 2 is 2.31 bits per heavy atom. The van der Waals surface area contributed by atoms with Crippen molar-refractivity contribution in [2.75, 3.05) is 6.54 Å². The zero-order valence-electron chi connectivity index (χ0n) is 9.97. The number of nitrogens with zero attached hydrogens (tertiary/aromatic N) is 3. The molecular weight excluding hydrogens is 206 g/mol. The largest absolute Gasteiger partial charge is 0.354 e. The predicted octanol–water partition coefficient (Wildman–Crippen LogP) is -0.543. The van der Waals surface area contributed by atoms with E-state index in [9.17, 15) is 4.79 Å². The maximum absolute atomic E-state index is 11.5. The molecule has 1 aromatic heterocycles. The van der Waals surface area contributed by atoms with Crippen LogP contribution in [0.4, 0.5) is 0 Å². The van der Waals surface area contributed by atoms with Crippen LogP contribution in [-0.4, -0.2) is 33.3 Å². The van der Waals surface area contributed by atoms with Gasteiger partial charge >= 0.3 is 0 Å². The van der Waals surface area contributed by atoms with Crippen LogP contribution in [0.3, 0.4) is 0 Å². The fourth-order valence-electron chi connectivity index (χ4n) is 1.22. The Hall–Kier alpha value is -1.43. The summed E-state index contributed by atoms with van der Waals surface area (Å²) in [7, 11) is 1.81. The second-order valence-electron chi connectivity index (χ2n) is 4.15. The van der Waals surface area contributed by atoms with Crippen LogP contribution in [0.15, 0.2) is 6.33 Å². The summed E-state index contributed by atoms with van der Waals surface area (Å²) in [6.45, 7) is 4.36. The minimum absolute atomic E-state index is 0.120. The Bertz CT molecular complexity index is 347. The summed E-state index contributed by atoms with van der Waals surface area (Å²) in [5.74, 6) is 0.750. The highest BCUT2D eigenvalue weighted by molar-refractivity contribution is 5.81. The minimum Gasteiger partial charge on any atom is -0.354 e. The van der Waals surface area contributed by atoms with Crippen molar-refractivity contribution in [2.45, 2.75) is 26.3 Å². The number of carbonyl (C=O) groups excluding carboxylic acids is 1. The molecule has 1 atom stereocenters. The molecular formula is C10H19N5O. The fourth-order valence-corrected chi connectivity index (χ4v) is 1.22. The number of amides is 1. The van der Waals surface area contributed by atoms with Crippen LogP contribution in [0.2, 0.25) is 0 Å². The number of carbonyl (C=O) groups is 1. The van der Waals surface area contributed by atoms with Crippen LogP contribution in [0.5, 0.6) is 0 Å². The number of rotatable bonds is 5. The second kappa shape index (κ2) is 5.60. The van der Waals surface area contributed by atoms with Crippen molar-refractivity contribution < 1.29 is 4.79 Å². The standard InChI is InChI=1S/C10H19N5O/c1-7(2)9(11)10(16)12-5-4-8-13-6-15(3)14-8/h6-7,9H,4-5,11H2,1-3H3,(H,12,16)/t9-/m1/s1. The maximum Gasteiger partial charge on any atom is 0.237 e. The van der Waals surface area contributed by atoms with E-state index in [1.807, 2.05) is 20.9 Å². The number of aromatic nitrogens is 3. The van der Waals surface area contributed by atoms with Gasteiger partial charge in [0.15, 0.2) is 5.82 Å². The molecule has 0 aliphatic rings. The summed E-state index contributed by atoms with van der Waals surface area (Å²) in [6, 6.07) is -0.448. The lowest BCUT2D eigenvalue weighted by molar-refractivity contribution is -0.123. The molecule has 1 amide bonds. The minimum atomic E-state index is -0.448. The molecule has 0 aliphatic carbocycles. The van der Waals surface area contributed by atoms with E-state index in [1.165, 1.54) is 0 Å². The number of hydrogen-bond donors (Lipinski definition) is 2. The highest BCUT2D eigenvalue weighted by atomic mass is 16.2. The van der Waals surface area contributed by atoms with E-state index in [-0.39, 0.29) is 11.8 Å². The van der Waals surface area contributed by atoms with Gasteiger partial charge in [-0.05, 0) is 5.92 Å². The lowest BCUT2D eigenvalue weighted by atomic mass is 10.1. The molecule has 1 heterocycles. The molecule has 3 N–H and O–H groups in total. The van der Waals surface area contributed by atoms with E-state index in [0.717, 1.165) is 5.82 Å². The maximum atomic E-state index is 11.5. The SMILES string of the molecule is CC(C)[C@@H](N)C(=O)NCCc1ncn(C)n1. The first-order valence-electron chi connectivity index (χ1n) is 5.38. The Balaban J connectivity index is 2.28. The Kier molecular flexibility index (Phi) is 4.42. The molecule has 0 saturated heterocycles. The van der Waals surface area contributed by atoms with Gasteiger partial charge < -0.3 is 11.1 Å². The molecule has 1 aromatic rings. The highest BCUT2D eigenvalue weighted by Crippen LogP contribution is 1.97. The van der Waals surface area contributed by atoms with Crippen molar-refractivity contribution in [1.82, 2.24) is 20.1 Å². The zero-order valence-corrected chi connectivity index (χ0v) is 9.97. The monoisotopic (exact) mass is 225 g/mol. The number of aryl methyl sites for hydroxylation is 1. The molecule has 0 radical (unpaired) electrons. The Morgan fingerprint density at radius 1 is 1.62 bits per heavy atom. The van der Waals surface area contributed by atoms with Gasteiger partial charge in [-0.15, -0.1) is 0 Å². The molecule has 90 valence electrons. The molecule has 1 rings (SSSR count). The second-order valence-corrected chi connectivity index (χ2v) is 4.15. The van der Waals surface area contributed by atoms with Crippen LogP contribution >= 0.6 is 0 Å². The van der Waals surface area contributed by atoms with Crippen molar-refractivity contribution in [3.63, 3.8) is 0 Å². The number of nitrogens with two attached hydrogens (primary N) is 1. The third kappa shape index (κ3) is 3.62. The van der Waals surface area contributed by atoms with Crippen LogP contribution < -0.4 is 11.1 Å². The lowest BCUT2D eigenvalue weighted by Gasteiger charge is -2.14. The molecule has 6 nitrogen and oxygen atoms in total.